The molecule has 8 heteroatoms. The Morgan fingerprint density at radius 2 is 1.74 bits per heavy atom. The Hall–Kier alpha value is -2.97. The highest BCUT2D eigenvalue weighted by Crippen LogP contribution is 2.24. The zero-order valence-corrected chi connectivity index (χ0v) is 20.6. The van der Waals surface area contributed by atoms with Crippen molar-refractivity contribution in [3.05, 3.63) is 66.1 Å². The topological polar surface area (TPSA) is 84.3 Å². The van der Waals surface area contributed by atoms with Crippen LogP contribution >= 0.6 is 0 Å². The summed E-state index contributed by atoms with van der Waals surface area (Å²) in [6.07, 6.45) is 6.39. The fourth-order valence-corrected chi connectivity index (χ4v) is 5.76. The molecule has 0 fully saturated rings. The van der Waals surface area contributed by atoms with Gasteiger partial charge < -0.3 is 9.88 Å². The Kier molecular flexibility index (Phi) is 7.48. The molecule has 0 aliphatic carbocycles. The Morgan fingerprint density at radius 1 is 1.03 bits per heavy atom. The monoisotopic (exact) mass is 480 g/mol. The molecular weight excluding hydrogens is 448 g/mol. The van der Waals surface area contributed by atoms with Crippen LogP contribution < -0.4 is 5.32 Å². The van der Waals surface area contributed by atoms with Crippen molar-refractivity contribution in [1.82, 2.24) is 13.9 Å². The lowest BCUT2D eigenvalue weighted by Crippen LogP contribution is -2.30. The molecule has 34 heavy (non-hydrogen) atoms. The number of carbonyl (C=O) groups excluding carboxylic acids is 1. The number of hydrogen-bond donors (Lipinski definition) is 1. The third-order valence-corrected chi connectivity index (χ3v) is 8.34. The minimum absolute atomic E-state index is 0.0787. The highest BCUT2D eigenvalue weighted by Gasteiger charge is 2.21. The van der Waals surface area contributed by atoms with Crippen LogP contribution in [-0.4, -0.2) is 41.3 Å². The number of benzene rings is 2. The van der Waals surface area contributed by atoms with Crippen molar-refractivity contribution >= 4 is 21.6 Å². The van der Waals surface area contributed by atoms with Gasteiger partial charge in [0.15, 0.2) is 0 Å². The molecule has 0 spiro atoms. The number of fused-ring (bicyclic) bond motifs is 1. The van der Waals surface area contributed by atoms with Gasteiger partial charge in [0.05, 0.1) is 10.6 Å². The number of aryl methyl sites for hydroxylation is 3. The molecule has 0 atom stereocenters. The lowest BCUT2D eigenvalue weighted by Gasteiger charge is -2.18. The summed E-state index contributed by atoms with van der Waals surface area (Å²) in [5, 5.41) is 2.94. The first-order chi connectivity index (χ1) is 16.4. The van der Waals surface area contributed by atoms with Crippen LogP contribution in [0.5, 0.6) is 0 Å². The molecule has 0 bridgehead atoms. The summed E-state index contributed by atoms with van der Waals surface area (Å²) < 4.78 is 28.9. The molecular formula is C26H32N4O3S. The maximum atomic E-state index is 12.6. The van der Waals surface area contributed by atoms with Gasteiger partial charge in [-0.2, -0.15) is 4.31 Å². The van der Waals surface area contributed by atoms with Crippen LogP contribution in [0.1, 0.15) is 44.5 Å². The fourth-order valence-electron chi connectivity index (χ4n) is 4.30. The van der Waals surface area contributed by atoms with E-state index in [9.17, 15) is 13.2 Å². The predicted octanol–water partition coefficient (Wildman–Crippen LogP) is 4.49. The van der Waals surface area contributed by atoms with Gasteiger partial charge in [0.2, 0.25) is 15.9 Å². The van der Waals surface area contributed by atoms with E-state index in [-0.39, 0.29) is 10.8 Å². The number of nitrogens with one attached hydrogen (secondary N) is 1. The van der Waals surface area contributed by atoms with Gasteiger partial charge in [-0.05, 0) is 49.1 Å². The van der Waals surface area contributed by atoms with Crippen molar-refractivity contribution in [2.45, 2.75) is 57.4 Å². The zero-order chi connectivity index (χ0) is 24.1. The minimum Gasteiger partial charge on any atom is -0.334 e. The summed E-state index contributed by atoms with van der Waals surface area (Å²) in [6.45, 7) is 5.56. The van der Waals surface area contributed by atoms with Crippen LogP contribution in [0, 0.1) is 0 Å². The van der Waals surface area contributed by atoms with E-state index in [1.165, 1.54) is 17.1 Å². The van der Waals surface area contributed by atoms with Gasteiger partial charge in [-0.15, -0.1) is 0 Å². The van der Waals surface area contributed by atoms with Crippen molar-refractivity contribution in [2.24, 2.45) is 0 Å². The van der Waals surface area contributed by atoms with Gasteiger partial charge in [0, 0.05) is 49.9 Å². The standard InChI is InChI=1S/C26H32N4O3S/c1-3-30(4-2)34(32,33)23-15-8-20(9-16-23)10-17-26(31)27-22-13-11-21(12-14-22)24-19-29-18-6-5-7-25(29)28-24/h8-9,11-16,19H,3-7,10,17-18H2,1-2H3,(H,27,31). The number of nitrogens with zero attached hydrogens (tertiary/aromatic N) is 3. The van der Waals surface area contributed by atoms with Crippen LogP contribution in [-0.2, 0) is 34.2 Å². The molecule has 1 aromatic heterocycles. The van der Waals surface area contributed by atoms with E-state index < -0.39 is 10.0 Å². The number of aromatic nitrogens is 2. The molecule has 2 aromatic carbocycles. The lowest BCUT2D eigenvalue weighted by atomic mass is 10.1. The molecule has 0 unspecified atom stereocenters. The van der Waals surface area contributed by atoms with Crippen LogP contribution in [0.2, 0.25) is 0 Å². The molecule has 4 rings (SSSR count). The maximum Gasteiger partial charge on any atom is 0.243 e. The highest BCUT2D eigenvalue weighted by atomic mass is 32.2. The van der Waals surface area contributed by atoms with E-state index >= 15 is 0 Å². The summed E-state index contributed by atoms with van der Waals surface area (Å²) in [5.74, 6) is 1.07. The second-order valence-corrected chi connectivity index (χ2v) is 10.5. The molecule has 1 N–H and O–H groups in total. The molecule has 0 saturated carbocycles. The molecule has 0 saturated heterocycles. The Morgan fingerprint density at radius 3 is 2.38 bits per heavy atom. The Bertz CT molecular complexity index is 1200. The average molecular weight is 481 g/mol. The summed E-state index contributed by atoms with van der Waals surface area (Å²) in [6, 6.07) is 14.6. The lowest BCUT2D eigenvalue weighted by molar-refractivity contribution is -0.116. The van der Waals surface area contributed by atoms with Crippen molar-refractivity contribution < 1.29 is 13.2 Å². The van der Waals surface area contributed by atoms with E-state index in [1.54, 1.807) is 24.3 Å². The number of sulfonamides is 1. The second kappa shape index (κ2) is 10.5. The number of amides is 1. The van der Waals surface area contributed by atoms with Crippen LogP contribution in [0.25, 0.3) is 11.3 Å². The maximum absolute atomic E-state index is 12.6. The van der Waals surface area contributed by atoms with E-state index in [0.717, 1.165) is 41.3 Å². The third-order valence-electron chi connectivity index (χ3n) is 6.28. The molecule has 1 aliphatic heterocycles. The van der Waals surface area contributed by atoms with Crippen molar-refractivity contribution in [2.75, 3.05) is 18.4 Å². The van der Waals surface area contributed by atoms with E-state index in [1.807, 2.05) is 38.1 Å². The van der Waals surface area contributed by atoms with Crippen molar-refractivity contribution in [3.63, 3.8) is 0 Å². The smallest absolute Gasteiger partial charge is 0.243 e. The summed E-state index contributed by atoms with van der Waals surface area (Å²) >= 11 is 0. The first-order valence-corrected chi connectivity index (χ1v) is 13.4. The minimum atomic E-state index is -3.47. The molecule has 7 nitrogen and oxygen atoms in total. The van der Waals surface area contributed by atoms with E-state index in [4.69, 9.17) is 4.98 Å². The Labute approximate surface area is 201 Å². The molecule has 0 radical (unpaired) electrons. The second-order valence-electron chi connectivity index (χ2n) is 8.55. The van der Waals surface area contributed by atoms with Crippen LogP contribution in [0.3, 0.4) is 0 Å². The number of carbonyl (C=O) groups is 1. The number of rotatable bonds is 9. The van der Waals surface area contributed by atoms with Gasteiger partial charge in [0.25, 0.3) is 0 Å². The fraction of sp³-hybridized carbons (Fsp3) is 0.385. The molecule has 2 heterocycles. The molecule has 3 aromatic rings. The first-order valence-electron chi connectivity index (χ1n) is 12.0. The van der Waals surface area contributed by atoms with Crippen molar-refractivity contribution in [1.29, 1.82) is 0 Å². The Balaban J connectivity index is 1.31. The van der Waals surface area contributed by atoms with Gasteiger partial charge >= 0.3 is 0 Å². The zero-order valence-electron chi connectivity index (χ0n) is 19.8. The number of hydrogen-bond acceptors (Lipinski definition) is 4. The van der Waals surface area contributed by atoms with Gasteiger partial charge in [-0.1, -0.05) is 38.1 Å². The molecule has 1 amide bonds. The average Bonchev–Trinajstić information content (AvgIpc) is 3.28. The van der Waals surface area contributed by atoms with E-state index in [2.05, 4.69) is 16.1 Å². The first kappa shape index (κ1) is 24.2. The summed E-state index contributed by atoms with van der Waals surface area (Å²) in [7, 11) is -3.47. The predicted molar refractivity (Wildman–Crippen MR) is 134 cm³/mol. The molecule has 180 valence electrons. The van der Waals surface area contributed by atoms with Gasteiger partial charge in [0.1, 0.15) is 5.82 Å². The van der Waals surface area contributed by atoms with Gasteiger partial charge in [-0.3, -0.25) is 4.79 Å². The van der Waals surface area contributed by atoms with Crippen LogP contribution in [0.15, 0.2) is 59.6 Å². The number of imidazole rings is 1. The van der Waals surface area contributed by atoms with E-state index in [0.29, 0.717) is 25.9 Å². The summed E-state index contributed by atoms with van der Waals surface area (Å²) in [5.41, 5.74) is 3.69. The quantitative estimate of drug-likeness (QED) is 0.489. The summed E-state index contributed by atoms with van der Waals surface area (Å²) in [4.78, 5) is 17.5. The SMILES string of the molecule is CCN(CC)S(=O)(=O)c1ccc(CCC(=O)Nc2ccc(-c3cn4c(n3)CCCC4)cc2)cc1. The third kappa shape index (κ3) is 5.39. The van der Waals surface area contributed by atoms with Gasteiger partial charge in [-0.25, -0.2) is 13.4 Å². The molecule has 1 aliphatic rings. The van der Waals surface area contributed by atoms with Crippen molar-refractivity contribution in [3.8, 4) is 11.3 Å². The van der Waals surface area contributed by atoms with Crippen LogP contribution in [0.4, 0.5) is 5.69 Å². The number of anilines is 1. The largest absolute Gasteiger partial charge is 0.334 e. The normalized spacial score (nSPS) is 13.6. The highest BCUT2D eigenvalue weighted by molar-refractivity contribution is 7.89.